The lowest BCUT2D eigenvalue weighted by molar-refractivity contribution is 0.507. The molecule has 3 heterocycles. The van der Waals surface area contributed by atoms with Crippen LogP contribution < -0.4 is 4.90 Å². The zero-order valence-corrected chi connectivity index (χ0v) is 20.3. The lowest BCUT2D eigenvalue weighted by Crippen LogP contribution is -2.37. The van der Waals surface area contributed by atoms with Crippen LogP contribution in [0.25, 0.3) is 38.6 Å². The number of hydrogen-bond donors (Lipinski definition) is 0. The first kappa shape index (κ1) is 19.9. The standard InChI is InChI=1S/C34H26N2/c1-34-21-25-9-5-7-13-30(25)36(34)31-17-15-23(19-26(31)22-34)24-16-18-33-29(20-24)28-12-6-8-14-32(28)35(33)27-10-3-2-4-11-27/h2-20H,21-22H2,1H3. The molecule has 0 bridgehead atoms. The number of rotatable bonds is 2. The summed E-state index contributed by atoms with van der Waals surface area (Å²) in [4.78, 5) is 2.58. The highest BCUT2D eigenvalue weighted by atomic mass is 15.2. The van der Waals surface area contributed by atoms with Crippen molar-refractivity contribution in [3.8, 4) is 16.8 Å². The Bertz CT molecular complexity index is 1810. The van der Waals surface area contributed by atoms with Crippen molar-refractivity contribution in [1.82, 2.24) is 4.57 Å². The number of para-hydroxylation sites is 3. The van der Waals surface area contributed by atoms with E-state index in [0.29, 0.717) is 0 Å². The number of fused-ring (bicyclic) bond motifs is 8. The van der Waals surface area contributed by atoms with E-state index in [-0.39, 0.29) is 5.54 Å². The van der Waals surface area contributed by atoms with E-state index in [4.69, 9.17) is 0 Å². The van der Waals surface area contributed by atoms with Crippen LogP contribution >= 0.6 is 0 Å². The molecule has 1 aromatic heterocycles. The predicted octanol–water partition coefficient (Wildman–Crippen LogP) is 8.46. The highest BCUT2D eigenvalue weighted by Crippen LogP contribution is 2.52. The molecule has 1 atom stereocenters. The molecule has 2 aliphatic rings. The maximum atomic E-state index is 2.58. The fraction of sp³-hybridized carbons (Fsp3) is 0.118. The van der Waals surface area contributed by atoms with Crippen LogP contribution in [0.15, 0.2) is 115 Å². The Kier molecular flexibility index (Phi) is 3.94. The molecule has 0 fully saturated rings. The van der Waals surface area contributed by atoms with Crippen LogP contribution in [0.5, 0.6) is 0 Å². The van der Waals surface area contributed by atoms with Crippen LogP contribution in [0.4, 0.5) is 11.4 Å². The van der Waals surface area contributed by atoms with Gasteiger partial charge in [0.25, 0.3) is 0 Å². The SMILES string of the molecule is CC12Cc3ccccc3N1c1ccc(-c3ccc4c(c3)c3ccccc3n4-c3ccccc3)cc1C2. The molecule has 6 aromatic rings. The van der Waals surface area contributed by atoms with Crippen molar-refractivity contribution in [2.24, 2.45) is 0 Å². The van der Waals surface area contributed by atoms with Crippen LogP contribution in [0.3, 0.4) is 0 Å². The quantitative estimate of drug-likeness (QED) is 0.251. The van der Waals surface area contributed by atoms with Crippen molar-refractivity contribution >= 4 is 33.2 Å². The minimum absolute atomic E-state index is 0.137. The van der Waals surface area contributed by atoms with Crippen molar-refractivity contribution < 1.29 is 0 Å². The minimum Gasteiger partial charge on any atom is -0.334 e. The topological polar surface area (TPSA) is 8.17 Å². The molecule has 0 saturated carbocycles. The van der Waals surface area contributed by atoms with Gasteiger partial charge in [0.2, 0.25) is 0 Å². The van der Waals surface area contributed by atoms with Crippen LogP contribution in [-0.2, 0) is 12.8 Å². The second kappa shape index (κ2) is 7.11. The molecular weight excluding hydrogens is 436 g/mol. The fourth-order valence-corrected chi connectivity index (χ4v) is 6.76. The molecule has 36 heavy (non-hydrogen) atoms. The Morgan fingerprint density at radius 2 is 1.22 bits per heavy atom. The number of hydrogen-bond acceptors (Lipinski definition) is 1. The van der Waals surface area contributed by atoms with E-state index >= 15 is 0 Å². The summed E-state index contributed by atoms with van der Waals surface area (Å²) in [6.07, 6.45) is 2.19. The van der Waals surface area contributed by atoms with E-state index in [1.54, 1.807) is 0 Å². The fourth-order valence-electron chi connectivity index (χ4n) is 6.76. The molecular formula is C34H26N2. The molecule has 0 aliphatic carbocycles. The van der Waals surface area contributed by atoms with Gasteiger partial charge in [-0.15, -0.1) is 0 Å². The van der Waals surface area contributed by atoms with Crippen LogP contribution in [0.1, 0.15) is 18.1 Å². The smallest absolute Gasteiger partial charge is 0.0541 e. The van der Waals surface area contributed by atoms with Gasteiger partial charge < -0.3 is 9.47 Å². The first-order chi connectivity index (χ1) is 17.7. The molecule has 2 aliphatic heterocycles. The number of nitrogens with zero attached hydrogens (tertiary/aromatic N) is 2. The maximum absolute atomic E-state index is 2.58. The van der Waals surface area contributed by atoms with Crippen molar-refractivity contribution in [2.75, 3.05) is 4.90 Å². The van der Waals surface area contributed by atoms with Crippen LogP contribution in [0, 0.1) is 0 Å². The van der Waals surface area contributed by atoms with Crippen molar-refractivity contribution in [2.45, 2.75) is 25.3 Å². The monoisotopic (exact) mass is 462 g/mol. The molecule has 1 unspecified atom stereocenters. The first-order valence-electron chi connectivity index (χ1n) is 12.8. The van der Waals surface area contributed by atoms with E-state index in [0.717, 1.165) is 12.8 Å². The Morgan fingerprint density at radius 1 is 0.556 bits per heavy atom. The molecule has 172 valence electrons. The van der Waals surface area contributed by atoms with Gasteiger partial charge in [-0.05, 0) is 90.6 Å². The van der Waals surface area contributed by atoms with Gasteiger partial charge in [-0.1, -0.05) is 66.7 Å². The molecule has 0 saturated heterocycles. The largest absolute Gasteiger partial charge is 0.334 e. The first-order valence-corrected chi connectivity index (χ1v) is 12.8. The third kappa shape index (κ3) is 2.67. The summed E-state index contributed by atoms with van der Waals surface area (Å²) in [5, 5.41) is 2.60. The van der Waals surface area contributed by atoms with Gasteiger partial charge >= 0.3 is 0 Å². The van der Waals surface area contributed by atoms with Gasteiger partial charge in [-0.2, -0.15) is 0 Å². The summed E-state index contributed by atoms with van der Waals surface area (Å²) in [5.74, 6) is 0. The summed E-state index contributed by atoms with van der Waals surface area (Å²) >= 11 is 0. The lowest BCUT2D eigenvalue weighted by atomic mass is 9.91. The third-order valence-electron chi connectivity index (χ3n) is 8.26. The van der Waals surface area contributed by atoms with E-state index in [2.05, 4.69) is 132 Å². The molecule has 5 aromatic carbocycles. The summed E-state index contributed by atoms with van der Waals surface area (Å²) in [5.41, 5.74) is 12.1. The van der Waals surface area contributed by atoms with Gasteiger partial charge in [0.05, 0.1) is 16.6 Å². The second-order valence-electron chi connectivity index (χ2n) is 10.6. The van der Waals surface area contributed by atoms with E-state index in [9.17, 15) is 0 Å². The average molecular weight is 463 g/mol. The second-order valence-corrected chi connectivity index (χ2v) is 10.6. The van der Waals surface area contributed by atoms with Crippen molar-refractivity contribution in [3.05, 3.63) is 126 Å². The van der Waals surface area contributed by atoms with E-state index in [1.807, 2.05) is 0 Å². The molecule has 2 nitrogen and oxygen atoms in total. The molecule has 0 spiro atoms. The molecule has 8 rings (SSSR count). The highest BCUT2D eigenvalue weighted by molar-refractivity contribution is 6.10. The number of anilines is 2. The predicted molar refractivity (Wildman–Crippen MR) is 151 cm³/mol. The Balaban J connectivity index is 1.27. The molecule has 0 radical (unpaired) electrons. The summed E-state index contributed by atoms with van der Waals surface area (Å²) in [6, 6.07) is 42.4. The highest BCUT2D eigenvalue weighted by Gasteiger charge is 2.46. The minimum atomic E-state index is 0.137. The van der Waals surface area contributed by atoms with Gasteiger partial charge in [-0.25, -0.2) is 0 Å². The van der Waals surface area contributed by atoms with E-state index < -0.39 is 0 Å². The third-order valence-corrected chi connectivity index (χ3v) is 8.26. The molecule has 2 heteroatoms. The molecule has 0 amide bonds. The average Bonchev–Trinajstić information content (AvgIpc) is 3.50. The lowest BCUT2D eigenvalue weighted by Gasteiger charge is -2.30. The molecule has 0 N–H and O–H groups in total. The zero-order chi connectivity index (χ0) is 23.9. The van der Waals surface area contributed by atoms with E-state index in [1.165, 1.54) is 61.1 Å². The normalized spacial score (nSPS) is 18.0. The number of benzene rings is 5. The maximum Gasteiger partial charge on any atom is 0.0541 e. The Labute approximate surface area is 211 Å². The summed E-state index contributed by atoms with van der Waals surface area (Å²) < 4.78 is 2.38. The van der Waals surface area contributed by atoms with Gasteiger partial charge in [0.15, 0.2) is 0 Å². The van der Waals surface area contributed by atoms with Crippen molar-refractivity contribution in [3.63, 3.8) is 0 Å². The number of aromatic nitrogens is 1. The van der Waals surface area contributed by atoms with Crippen molar-refractivity contribution in [1.29, 1.82) is 0 Å². The summed E-state index contributed by atoms with van der Waals surface area (Å²) in [7, 11) is 0. The Hall–Kier alpha value is -4.30. The zero-order valence-electron chi connectivity index (χ0n) is 20.3. The van der Waals surface area contributed by atoms with Gasteiger partial charge in [0.1, 0.15) is 0 Å². The Morgan fingerprint density at radius 3 is 2.14 bits per heavy atom. The summed E-state index contributed by atoms with van der Waals surface area (Å²) in [6.45, 7) is 2.41. The van der Waals surface area contributed by atoms with Gasteiger partial charge in [0, 0.05) is 27.8 Å². The van der Waals surface area contributed by atoms with Crippen LogP contribution in [-0.4, -0.2) is 10.1 Å². The van der Waals surface area contributed by atoms with Crippen LogP contribution in [0.2, 0.25) is 0 Å². The van der Waals surface area contributed by atoms with Gasteiger partial charge in [-0.3, -0.25) is 0 Å².